The van der Waals surface area contributed by atoms with Gasteiger partial charge in [-0.1, -0.05) is 48.2 Å². The van der Waals surface area contributed by atoms with Crippen molar-refractivity contribution in [3.05, 3.63) is 83.6 Å². The predicted molar refractivity (Wildman–Crippen MR) is 114 cm³/mol. The minimum atomic E-state index is -0.234. The van der Waals surface area contributed by atoms with Crippen LogP contribution in [-0.2, 0) is 4.79 Å². The zero-order valence-electron chi connectivity index (χ0n) is 15.7. The van der Waals surface area contributed by atoms with Gasteiger partial charge in [-0.2, -0.15) is 0 Å². The maximum Gasteiger partial charge on any atom is 0.258 e. The molecule has 2 amide bonds. The van der Waals surface area contributed by atoms with E-state index in [0.717, 1.165) is 16.9 Å². The number of thioether (sulfide) groups is 1. The molecule has 1 heterocycles. The van der Waals surface area contributed by atoms with Crippen LogP contribution in [0.2, 0.25) is 0 Å². The van der Waals surface area contributed by atoms with E-state index in [-0.39, 0.29) is 17.6 Å². The van der Waals surface area contributed by atoms with Crippen LogP contribution >= 0.6 is 11.8 Å². The van der Waals surface area contributed by atoms with Crippen molar-refractivity contribution < 1.29 is 9.59 Å². The second-order valence-corrected chi connectivity index (χ2v) is 7.25. The maximum atomic E-state index is 12.8. The first-order valence-electron chi connectivity index (χ1n) is 8.85. The molecule has 28 heavy (non-hydrogen) atoms. The third-order valence-electron chi connectivity index (χ3n) is 3.97. The molecule has 0 unspecified atom stereocenters. The number of nitrogens with zero attached hydrogens (tertiary/aromatic N) is 1. The number of hydrogen-bond acceptors (Lipinski definition) is 4. The molecule has 1 aromatic heterocycles. The first kappa shape index (κ1) is 19.6. The van der Waals surface area contributed by atoms with Crippen LogP contribution in [0.25, 0.3) is 0 Å². The van der Waals surface area contributed by atoms with E-state index in [9.17, 15) is 9.59 Å². The zero-order valence-corrected chi connectivity index (χ0v) is 16.5. The first-order valence-corrected chi connectivity index (χ1v) is 9.84. The second kappa shape index (κ2) is 9.19. The number of anilines is 2. The minimum absolute atomic E-state index is 0.147. The van der Waals surface area contributed by atoms with Gasteiger partial charge in [0.05, 0.1) is 11.3 Å². The number of rotatable bonds is 6. The summed E-state index contributed by atoms with van der Waals surface area (Å²) in [6.45, 7) is 3.75. The van der Waals surface area contributed by atoms with Crippen LogP contribution in [-0.4, -0.2) is 22.6 Å². The van der Waals surface area contributed by atoms with Gasteiger partial charge >= 0.3 is 0 Å². The number of pyridine rings is 1. The van der Waals surface area contributed by atoms with E-state index in [1.807, 2.05) is 80.6 Å². The smallest absolute Gasteiger partial charge is 0.258 e. The summed E-state index contributed by atoms with van der Waals surface area (Å²) in [7, 11) is 0. The Morgan fingerprint density at radius 3 is 2.07 bits per heavy atom. The summed E-state index contributed by atoms with van der Waals surface area (Å²) in [6, 6.07) is 20.4. The van der Waals surface area contributed by atoms with E-state index >= 15 is 0 Å². The molecule has 0 spiro atoms. The van der Waals surface area contributed by atoms with E-state index in [1.165, 1.54) is 11.8 Å². The fourth-order valence-corrected chi connectivity index (χ4v) is 3.70. The Labute approximate surface area is 168 Å². The van der Waals surface area contributed by atoms with Crippen LogP contribution in [0, 0.1) is 13.8 Å². The molecule has 0 saturated carbocycles. The average Bonchev–Trinajstić information content (AvgIpc) is 2.67. The predicted octanol–water partition coefficient (Wildman–Crippen LogP) is 4.68. The summed E-state index contributed by atoms with van der Waals surface area (Å²) >= 11 is 1.26. The lowest BCUT2D eigenvalue weighted by Gasteiger charge is -2.13. The van der Waals surface area contributed by atoms with Crippen LogP contribution in [0.1, 0.15) is 21.6 Å². The van der Waals surface area contributed by atoms with E-state index in [4.69, 9.17) is 0 Å². The average molecular weight is 391 g/mol. The standard InChI is InChI=1S/C22H21N3O2S/c1-15-13-16(2)23-22(20(15)21(27)25-18-11-7-4-8-12-18)28-14-19(26)24-17-9-5-3-6-10-17/h3-13H,14H2,1-2H3,(H,24,26)(H,25,27). The lowest BCUT2D eigenvalue weighted by Crippen LogP contribution is -2.18. The fourth-order valence-electron chi connectivity index (χ4n) is 2.75. The molecule has 0 fully saturated rings. The molecule has 0 saturated heterocycles. The molecule has 2 N–H and O–H groups in total. The number of hydrogen-bond donors (Lipinski definition) is 2. The lowest BCUT2D eigenvalue weighted by atomic mass is 10.1. The van der Waals surface area contributed by atoms with Crippen molar-refractivity contribution in [2.24, 2.45) is 0 Å². The quantitative estimate of drug-likeness (QED) is 0.599. The van der Waals surface area contributed by atoms with Crippen LogP contribution in [0.4, 0.5) is 11.4 Å². The van der Waals surface area contributed by atoms with Gasteiger partial charge in [-0.25, -0.2) is 4.98 Å². The monoisotopic (exact) mass is 391 g/mol. The fraction of sp³-hybridized carbons (Fsp3) is 0.136. The highest BCUT2D eigenvalue weighted by Crippen LogP contribution is 2.25. The molecule has 3 aromatic rings. The van der Waals surface area contributed by atoms with Crippen molar-refractivity contribution in [2.45, 2.75) is 18.9 Å². The minimum Gasteiger partial charge on any atom is -0.325 e. The number of benzene rings is 2. The molecule has 0 bridgehead atoms. The van der Waals surface area contributed by atoms with Crippen LogP contribution in [0.5, 0.6) is 0 Å². The number of nitrogens with one attached hydrogen (secondary N) is 2. The highest BCUT2D eigenvalue weighted by Gasteiger charge is 2.18. The summed E-state index contributed by atoms with van der Waals surface area (Å²) in [5.41, 5.74) is 3.58. The largest absolute Gasteiger partial charge is 0.325 e. The van der Waals surface area contributed by atoms with Crippen molar-refractivity contribution >= 4 is 35.0 Å². The molecular weight excluding hydrogens is 370 g/mol. The Balaban J connectivity index is 1.75. The summed E-state index contributed by atoms with van der Waals surface area (Å²) in [5, 5.41) is 6.29. The Bertz CT molecular complexity index is 976. The van der Waals surface area contributed by atoms with E-state index in [0.29, 0.717) is 16.3 Å². The van der Waals surface area contributed by atoms with Crippen LogP contribution < -0.4 is 10.6 Å². The molecule has 5 nitrogen and oxygen atoms in total. The van der Waals surface area contributed by atoms with Gasteiger partial charge in [0.25, 0.3) is 5.91 Å². The van der Waals surface area contributed by atoms with E-state index in [1.54, 1.807) is 0 Å². The van der Waals surface area contributed by atoms with Gasteiger partial charge in [-0.05, 0) is 49.7 Å². The highest BCUT2D eigenvalue weighted by atomic mass is 32.2. The molecule has 0 aliphatic carbocycles. The van der Waals surface area contributed by atoms with Crippen LogP contribution in [0.3, 0.4) is 0 Å². The molecule has 0 radical (unpaired) electrons. The topological polar surface area (TPSA) is 71.1 Å². The van der Waals surface area contributed by atoms with E-state index in [2.05, 4.69) is 15.6 Å². The van der Waals surface area contributed by atoms with Crippen molar-refractivity contribution in [1.29, 1.82) is 0 Å². The Hall–Kier alpha value is -3.12. The number of amides is 2. The number of carbonyl (C=O) groups excluding carboxylic acids is 2. The Morgan fingerprint density at radius 2 is 1.46 bits per heavy atom. The summed E-state index contributed by atoms with van der Waals surface area (Å²) in [5.74, 6) is -0.218. The first-order chi connectivity index (χ1) is 13.5. The van der Waals surface area contributed by atoms with Gasteiger partial charge in [-0.3, -0.25) is 9.59 Å². The third kappa shape index (κ3) is 5.20. The van der Waals surface area contributed by atoms with Gasteiger partial charge in [0.2, 0.25) is 5.91 Å². The summed E-state index contributed by atoms with van der Waals surface area (Å²) in [4.78, 5) is 29.6. The van der Waals surface area contributed by atoms with Crippen molar-refractivity contribution in [2.75, 3.05) is 16.4 Å². The molecule has 0 atom stereocenters. The molecule has 0 aliphatic rings. The summed E-state index contributed by atoms with van der Waals surface area (Å²) < 4.78 is 0. The maximum absolute atomic E-state index is 12.8. The van der Waals surface area contributed by atoms with Gasteiger partial charge < -0.3 is 10.6 Å². The van der Waals surface area contributed by atoms with Crippen molar-refractivity contribution in [3.63, 3.8) is 0 Å². The molecule has 3 rings (SSSR count). The number of aromatic nitrogens is 1. The molecule has 2 aromatic carbocycles. The SMILES string of the molecule is Cc1cc(C)c(C(=O)Nc2ccccc2)c(SCC(=O)Nc2ccccc2)n1. The second-order valence-electron chi connectivity index (χ2n) is 6.28. The number of carbonyl (C=O) groups is 2. The lowest BCUT2D eigenvalue weighted by molar-refractivity contribution is -0.113. The summed E-state index contributed by atoms with van der Waals surface area (Å²) in [6.07, 6.45) is 0. The third-order valence-corrected chi connectivity index (χ3v) is 4.94. The van der Waals surface area contributed by atoms with Crippen molar-refractivity contribution in [1.82, 2.24) is 4.98 Å². The molecule has 0 aliphatic heterocycles. The zero-order chi connectivity index (χ0) is 19.9. The Morgan fingerprint density at radius 1 is 0.893 bits per heavy atom. The van der Waals surface area contributed by atoms with Gasteiger partial charge in [0, 0.05) is 17.1 Å². The van der Waals surface area contributed by atoms with E-state index < -0.39 is 0 Å². The number of para-hydroxylation sites is 2. The van der Waals surface area contributed by atoms with Crippen molar-refractivity contribution in [3.8, 4) is 0 Å². The molecule has 6 heteroatoms. The molecular formula is C22H21N3O2S. The highest BCUT2D eigenvalue weighted by molar-refractivity contribution is 8.00. The number of aryl methyl sites for hydroxylation is 2. The van der Waals surface area contributed by atoms with Crippen LogP contribution in [0.15, 0.2) is 71.8 Å². The van der Waals surface area contributed by atoms with Gasteiger partial charge in [0.15, 0.2) is 0 Å². The normalized spacial score (nSPS) is 10.4. The van der Waals surface area contributed by atoms with Gasteiger partial charge in [-0.15, -0.1) is 0 Å². The Kier molecular flexibility index (Phi) is 6.45. The molecule has 142 valence electrons. The van der Waals surface area contributed by atoms with Gasteiger partial charge in [0.1, 0.15) is 5.03 Å².